The fourth-order valence-electron chi connectivity index (χ4n) is 2.45. The third-order valence-electron chi connectivity index (χ3n) is 3.59. The molecule has 4 nitrogen and oxygen atoms in total. The van der Waals surface area contributed by atoms with E-state index in [0.717, 1.165) is 12.8 Å². The maximum Gasteiger partial charge on any atom is 0.308 e. The number of hydrogen-bond acceptors (Lipinski definition) is 2. The van der Waals surface area contributed by atoms with Crippen LogP contribution >= 0.6 is 0 Å². The Bertz CT molecular complexity index is 444. The van der Waals surface area contributed by atoms with Crippen LogP contribution in [-0.2, 0) is 16.0 Å². The zero-order valence-corrected chi connectivity index (χ0v) is 10.9. The van der Waals surface area contributed by atoms with Crippen molar-refractivity contribution in [2.24, 2.45) is 5.92 Å². The second-order valence-corrected chi connectivity index (χ2v) is 5.00. The number of nitrogens with zero attached hydrogens (tertiary/aromatic N) is 1. The number of amides is 1. The SMILES string of the molecule is O=C(O)C1CCC(=O)N(CCCc2ccccc2)C1. The molecular weight excluding hydrogens is 242 g/mol. The van der Waals surface area contributed by atoms with Crippen LogP contribution in [0.2, 0.25) is 0 Å². The van der Waals surface area contributed by atoms with Gasteiger partial charge in [0.05, 0.1) is 5.92 Å². The third-order valence-corrected chi connectivity index (χ3v) is 3.59. The summed E-state index contributed by atoms with van der Waals surface area (Å²) in [5, 5.41) is 9.01. The van der Waals surface area contributed by atoms with E-state index in [1.807, 2.05) is 18.2 Å². The van der Waals surface area contributed by atoms with Crippen LogP contribution < -0.4 is 0 Å². The number of carboxylic acid groups (broad SMARTS) is 1. The van der Waals surface area contributed by atoms with Crippen molar-refractivity contribution in [1.29, 1.82) is 0 Å². The number of hydrogen-bond donors (Lipinski definition) is 1. The van der Waals surface area contributed by atoms with E-state index in [0.29, 0.717) is 25.9 Å². The number of carbonyl (C=O) groups excluding carboxylic acids is 1. The summed E-state index contributed by atoms with van der Waals surface area (Å²) in [6.07, 6.45) is 2.64. The molecule has 1 N–H and O–H groups in total. The Hall–Kier alpha value is -1.84. The van der Waals surface area contributed by atoms with Gasteiger partial charge in [-0.05, 0) is 24.8 Å². The molecule has 1 aromatic rings. The number of benzene rings is 1. The summed E-state index contributed by atoms with van der Waals surface area (Å²) in [5.74, 6) is -1.10. The highest BCUT2D eigenvalue weighted by atomic mass is 16.4. The number of aryl methyl sites for hydroxylation is 1. The summed E-state index contributed by atoms with van der Waals surface area (Å²) in [6, 6.07) is 10.1. The van der Waals surface area contributed by atoms with Crippen molar-refractivity contribution < 1.29 is 14.7 Å². The molecule has 1 aliphatic heterocycles. The van der Waals surface area contributed by atoms with Crippen molar-refractivity contribution >= 4 is 11.9 Å². The van der Waals surface area contributed by atoms with E-state index in [2.05, 4.69) is 12.1 Å². The number of rotatable bonds is 5. The smallest absolute Gasteiger partial charge is 0.308 e. The normalized spacial score (nSPS) is 19.5. The van der Waals surface area contributed by atoms with Crippen LogP contribution in [0.1, 0.15) is 24.8 Å². The van der Waals surface area contributed by atoms with Gasteiger partial charge in [-0.25, -0.2) is 0 Å². The monoisotopic (exact) mass is 261 g/mol. The largest absolute Gasteiger partial charge is 0.481 e. The van der Waals surface area contributed by atoms with E-state index in [1.165, 1.54) is 5.56 Å². The zero-order chi connectivity index (χ0) is 13.7. The molecule has 1 heterocycles. The quantitative estimate of drug-likeness (QED) is 0.881. The number of likely N-dealkylation sites (tertiary alicyclic amines) is 1. The van der Waals surface area contributed by atoms with Crippen molar-refractivity contribution in [3.05, 3.63) is 35.9 Å². The first-order valence-corrected chi connectivity index (χ1v) is 6.71. The summed E-state index contributed by atoms with van der Waals surface area (Å²) >= 11 is 0. The Morgan fingerprint density at radius 1 is 1.32 bits per heavy atom. The van der Waals surface area contributed by atoms with Crippen molar-refractivity contribution in [2.45, 2.75) is 25.7 Å². The van der Waals surface area contributed by atoms with Crippen LogP contribution in [0.3, 0.4) is 0 Å². The topological polar surface area (TPSA) is 57.6 Å². The van der Waals surface area contributed by atoms with Gasteiger partial charge in [0, 0.05) is 19.5 Å². The molecule has 4 heteroatoms. The summed E-state index contributed by atoms with van der Waals surface area (Å²) < 4.78 is 0. The highest BCUT2D eigenvalue weighted by molar-refractivity contribution is 5.80. The lowest BCUT2D eigenvalue weighted by atomic mass is 9.97. The first-order chi connectivity index (χ1) is 9.16. The lowest BCUT2D eigenvalue weighted by Crippen LogP contribution is -2.43. The fraction of sp³-hybridized carbons (Fsp3) is 0.467. The number of aliphatic carboxylic acids is 1. The minimum atomic E-state index is -0.791. The molecule has 0 bridgehead atoms. The molecule has 1 fully saturated rings. The molecule has 2 rings (SSSR count). The van der Waals surface area contributed by atoms with Crippen molar-refractivity contribution in [3.63, 3.8) is 0 Å². The summed E-state index contributed by atoms with van der Waals surface area (Å²) in [4.78, 5) is 24.4. The third kappa shape index (κ3) is 3.81. The molecule has 1 aromatic carbocycles. The molecule has 1 unspecified atom stereocenters. The zero-order valence-electron chi connectivity index (χ0n) is 10.9. The van der Waals surface area contributed by atoms with Crippen LogP contribution in [0.4, 0.5) is 0 Å². The van der Waals surface area contributed by atoms with E-state index in [1.54, 1.807) is 4.90 Å². The average Bonchev–Trinajstić information content (AvgIpc) is 2.42. The lowest BCUT2D eigenvalue weighted by Gasteiger charge is -2.30. The molecule has 0 aromatic heterocycles. The molecule has 19 heavy (non-hydrogen) atoms. The molecule has 0 saturated carbocycles. The van der Waals surface area contributed by atoms with Gasteiger partial charge in [-0.1, -0.05) is 30.3 Å². The minimum absolute atomic E-state index is 0.0885. The second-order valence-electron chi connectivity index (χ2n) is 5.00. The molecule has 1 atom stereocenters. The molecule has 0 spiro atoms. The number of carbonyl (C=O) groups is 2. The van der Waals surface area contributed by atoms with Crippen molar-refractivity contribution in [1.82, 2.24) is 4.90 Å². The van der Waals surface area contributed by atoms with Crippen molar-refractivity contribution in [3.8, 4) is 0 Å². The Morgan fingerprint density at radius 2 is 2.05 bits per heavy atom. The van der Waals surface area contributed by atoms with Gasteiger partial charge in [-0.2, -0.15) is 0 Å². The summed E-state index contributed by atoms with van der Waals surface area (Å²) in [6.45, 7) is 1.01. The molecule has 1 saturated heterocycles. The van der Waals surface area contributed by atoms with Crippen LogP contribution in [0.5, 0.6) is 0 Å². The van der Waals surface area contributed by atoms with E-state index in [4.69, 9.17) is 5.11 Å². The second kappa shape index (κ2) is 6.36. The number of carboxylic acids is 1. The van der Waals surface area contributed by atoms with Gasteiger partial charge in [-0.15, -0.1) is 0 Å². The molecule has 0 radical (unpaired) electrons. The first kappa shape index (κ1) is 13.6. The predicted octanol–water partition coefficient (Wildman–Crippen LogP) is 1.94. The Labute approximate surface area is 113 Å². The van der Waals surface area contributed by atoms with Gasteiger partial charge in [0.15, 0.2) is 0 Å². The van der Waals surface area contributed by atoms with Gasteiger partial charge < -0.3 is 10.0 Å². The predicted molar refractivity (Wildman–Crippen MR) is 71.7 cm³/mol. The number of piperidine rings is 1. The van der Waals surface area contributed by atoms with Gasteiger partial charge >= 0.3 is 5.97 Å². The maximum atomic E-state index is 11.7. The highest BCUT2D eigenvalue weighted by Gasteiger charge is 2.29. The van der Waals surface area contributed by atoms with Gasteiger partial charge in [-0.3, -0.25) is 9.59 Å². The average molecular weight is 261 g/mol. The Kier molecular flexibility index (Phi) is 4.55. The first-order valence-electron chi connectivity index (χ1n) is 6.71. The van der Waals surface area contributed by atoms with E-state index in [9.17, 15) is 9.59 Å². The van der Waals surface area contributed by atoms with Crippen LogP contribution in [0, 0.1) is 5.92 Å². The summed E-state index contributed by atoms with van der Waals surface area (Å²) in [5.41, 5.74) is 1.25. The van der Waals surface area contributed by atoms with E-state index in [-0.39, 0.29) is 5.91 Å². The molecule has 1 amide bonds. The fourth-order valence-corrected chi connectivity index (χ4v) is 2.45. The van der Waals surface area contributed by atoms with Gasteiger partial charge in [0.25, 0.3) is 0 Å². The standard InChI is InChI=1S/C15H19NO3/c17-14-9-8-13(15(18)19)11-16(14)10-4-7-12-5-2-1-3-6-12/h1-3,5-6,13H,4,7-11H2,(H,18,19). The lowest BCUT2D eigenvalue weighted by molar-refractivity contribution is -0.147. The molecule has 102 valence electrons. The highest BCUT2D eigenvalue weighted by Crippen LogP contribution is 2.18. The van der Waals surface area contributed by atoms with Gasteiger partial charge in [0.1, 0.15) is 0 Å². The molecular formula is C15H19NO3. The van der Waals surface area contributed by atoms with Crippen LogP contribution in [0.15, 0.2) is 30.3 Å². The minimum Gasteiger partial charge on any atom is -0.481 e. The Morgan fingerprint density at radius 3 is 2.74 bits per heavy atom. The van der Waals surface area contributed by atoms with E-state index >= 15 is 0 Å². The summed E-state index contributed by atoms with van der Waals surface area (Å²) in [7, 11) is 0. The van der Waals surface area contributed by atoms with Crippen LogP contribution in [0.25, 0.3) is 0 Å². The molecule has 1 aliphatic rings. The Balaban J connectivity index is 1.81. The maximum absolute atomic E-state index is 11.7. The molecule has 0 aliphatic carbocycles. The van der Waals surface area contributed by atoms with Crippen molar-refractivity contribution in [2.75, 3.05) is 13.1 Å². The van der Waals surface area contributed by atoms with Gasteiger partial charge in [0.2, 0.25) is 5.91 Å². The van der Waals surface area contributed by atoms with Crippen LogP contribution in [-0.4, -0.2) is 35.0 Å². The van der Waals surface area contributed by atoms with E-state index < -0.39 is 11.9 Å².